The van der Waals surface area contributed by atoms with Crippen molar-refractivity contribution in [1.29, 1.82) is 0 Å². The Kier molecular flexibility index (Phi) is 6.54. The summed E-state index contributed by atoms with van der Waals surface area (Å²) in [5, 5.41) is 0. The van der Waals surface area contributed by atoms with Gasteiger partial charge in [0.2, 0.25) is 0 Å². The third-order valence-corrected chi connectivity index (χ3v) is 2.04. The second kappa shape index (κ2) is 6.82. The summed E-state index contributed by atoms with van der Waals surface area (Å²) in [5.74, 6) is 0.419. The van der Waals surface area contributed by atoms with Crippen molar-refractivity contribution in [3.63, 3.8) is 0 Å². The summed E-state index contributed by atoms with van der Waals surface area (Å²) in [6.45, 7) is 6.76. The van der Waals surface area contributed by atoms with E-state index in [2.05, 4.69) is 13.8 Å². The molecule has 0 aromatic heterocycles. The number of hydrogen-bond donors (Lipinski definition) is 0. The van der Waals surface area contributed by atoms with Gasteiger partial charge >= 0.3 is 5.97 Å². The van der Waals surface area contributed by atoms with Gasteiger partial charge in [0.05, 0.1) is 6.61 Å². The molecule has 1 atom stereocenters. The lowest BCUT2D eigenvalue weighted by atomic mass is 10.0. The first-order valence-electron chi connectivity index (χ1n) is 5.32. The van der Waals surface area contributed by atoms with Gasteiger partial charge in [-0.25, -0.2) is 0 Å². The number of nitrogens with zero attached hydrogens (tertiary/aromatic N) is 1. The molecule has 0 amide bonds. The highest BCUT2D eigenvalue weighted by Gasteiger charge is 2.22. The molecule has 3 nitrogen and oxygen atoms in total. The van der Waals surface area contributed by atoms with Gasteiger partial charge in [0, 0.05) is 0 Å². The topological polar surface area (TPSA) is 29.5 Å². The van der Waals surface area contributed by atoms with Crippen LogP contribution in [-0.2, 0) is 9.53 Å². The Morgan fingerprint density at radius 2 is 1.93 bits per heavy atom. The van der Waals surface area contributed by atoms with Crippen LogP contribution in [0.2, 0.25) is 0 Å². The van der Waals surface area contributed by atoms with Crippen LogP contribution in [-0.4, -0.2) is 37.6 Å². The van der Waals surface area contributed by atoms with Crippen LogP contribution in [0.25, 0.3) is 0 Å². The van der Waals surface area contributed by atoms with E-state index in [9.17, 15) is 4.79 Å². The maximum Gasteiger partial charge on any atom is 0.323 e. The highest BCUT2D eigenvalue weighted by atomic mass is 16.5. The Bertz CT molecular complexity index is 167. The lowest BCUT2D eigenvalue weighted by Crippen LogP contribution is -2.38. The zero-order valence-corrected chi connectivity index (χ0v) is 10.0. The normalized spacial score (nSPS) is 13.4. The smallest absolute Gasteiger partial charge is 0.323 e. The lowest BCUT2D eigenvalue weighted by Gasteiger charge is -2.23. The number of carbonyl (C=O) groups excluding carboxylic acids is 1. The van der Waals surface area contributed by atoms with E-state index in [1.807, 2.05) is 25.9 Å². The van der Waals surface area contributed by atoms with Gasteiger partial charge in [0.15, 0.2) is 0 Å². The Labute approximate surface area is 87.4 Å². The van der Waals surface area contributed by atoms with Crippen LogP contribution in [0.15, 0.2) is 0 Å². The predicted octanol–water partition coefficient (Wildman–Crippen LogP) is 1.92. The molecule has 0 heterocycles. The second-order valence-electron chi connectivity index (χ2n) is 4.28. The van der Waals surface area contributed by atoms with Gasteiger partial charge in [-0.3, -0.25) is 9.69 Å². The number of likely N-dealkylation sites (N-methyl/N-ethyl adjacent to an activating group) is 1. The van der Waals surface area contributed by atoms with Crippen LogP contribution in [0.5, 0.6) is 0 Å². The number of rotatable bonds is 6. The molecule has 0 fully saturated rings. The highest BCUT2D eigenvalue weighted by molar-refractivity contribution is 5.75. The number of ether oxygens (including phenoxy) is 1. The van der Waals surface area contributed by atoms with Crippen molar-refractivity contribution in [1.82, 2.24) is 4.90 Å². The van der Waals surface area contributed by atoms with Crippen LogP contribution >= 0.6 is 0 Å². The summed E-state index contributed by atoms with van der Waals surface area (Å²) in [5.41, 5.74) is 0. The molecule has 0 saturated carbocycles. The minimum Gasteiger partial charge on any atom is -0.465 e. The van der Waals surface area contributed by atoms with Gasteiger partial charge in [0.1, 0.15) is 6.04 Å². The van der Waals surface area contributed by atoms with Gasteiger partial charge in [-0.05, 0) is 32.9 Å². The fraction of sp³-hybridized carbons (Fsp3) is 0.909. The van der Waals surface area contributed by atoms with Crippen molar-refractivity contribution in [2.75, 3.05) is 20.7 Å². The number of esters is 1. The van der Waals surface area contributed by atoms with Gasteiger partial charge in [-0.15, -0.1) is 0 Å². The summed E-state index contributed by atoms with van der Waals surface area (Å²) >= 11 is 0. The summed E-state index contributed by atoms with van der Waals surface area (Å²) in [4.78, 5) is 13.5. The van der Waals surface area contributed by atoms with E-state index >= 15 is 0 Å². The van der Waals surface area contributed by atoms with Gasteiger partial charge < -0.3 is 4.74 Å². The van der Waals surface area contributed by atoms with Crippen LogP contribution in [0.4, 0.5) is 0 Å². The van der Waals surface area contributed by atoms with E-state index in [1.165, 1.54) is 0 Å². The average Bonchev–Trinajstić information content (AvgIpc) is 2.09. The van der Waals surface area contributed by atoms with E-state index in [-0.39, 0.29) is 12.0 Å². The van der Waals surface area contributed by atoms with Gasteiger partial charge in [-0.1, -0.05) is 20.8 Å². The molecule has 0 aromatic carbocycles. The molecule has 0 bridgehead atoms. The maximum atomic E-state index is 11.6. The summed E-state index contributed by atoms with van der Waals surface area (Å²) in [7, 11) is 3.83. The van der Waals surface area contributed by atoms with Crippen molar-refractivity contribution >= 4 is 5.97 Å². The van der Waals surface area contributed by atoms with Crippen LogP contribution < -0.4 is 0 Å². The van der Waals surface area contributed by atoms with Gasteiger partial charge in [0.25, 0.3) is 0 Å². The molecule has 0 aromatic rings. The number of carbonyl (C=O) groups is 1. The Hall–Kier alpha value is -0.570. The highest BCUT2D eigenvalue weighted by Crippen LogP contribution is 2.10. The molecule has 0 aliphatic heterocycles. The first kappa shape index (κ1) is 13.4. The molecule has 0 saturated heterocycles. The molecular formula is C11H23NO2. The second-order valence-corrected chi connectivity index (χ2v) is 4.28. The summed E-state index contributed by atoms with van der Waals surface area (Å²) < 4.78 is 5.13. The van der Waals surface area contributed by atoms with Gasteiger partial charge in [-0.2, -0.15) is 0 Å². The Balaban J connectivity index is 4.12. The lowest BCUT2D eigenvalue weighted by molar-refractivity contribution is -0.149. The molecule has 84 valence electrons. The Morgan fingerprint density at radius 3 is 2.29 bits per heavy atom. The van der Waals surface area contributed by atoms with Crippen LogP contribution in [0, 0.1) is 5.92 Å². The monoisotopic (exact) mass is 201 g/mol. The Morgan fingerprint density at radius 1 is 1.36 bits per heavy atom. The fourth-order valence-electron chi connectivity index (χ4n) is 1.26. The first-order valence-corrected chi connectivity index (χ1v) is 5.32. The third kappa shape index (κ3) is 5.22. The van der Waals surface area contributed by atoms with E-state index in [0.717, 1.165) is 12.8 Å². The first-order chi connectivity index (χ1) is 6.49. The molecular weight excluding hydrogens is 178 g/mol. The molecule has 0 aliphatic carbocycles. The quantitative estimate of drug-likeness (QED) is 0.615. The fourth-order valence-corrected chi connectivity index (χ4v) is 1.26. The molecule has 0 rings (SSSR count). The maximum absolute atomic E-state index is 11.6. The van der Waals surface area contributed by atoms with E-state index in [4.69, 9.17) is 4.74 Å². The van der Waals surface area contributed by atoms with Crippen LogP contribution in [0.3, 0.4) is 0 Å². The largest absolute Gasteiger partial charge is 0.465 e. The number of hydrogen-bond acceptors (Lipinski definition) is 3. The molecule has 0 aliphatic rings. The third-order valence-electron chi connectivity index (χ3n) is 2.04. The minimum atomic E-state index is -0.0958. The zero-order valence-electron chi connectivity index (χ0n) is 10.0. The van der Waals surface area contributed by atoms with Crippen molar-refractivity contribution in [2.45, 2.75) is 39.7 Å². The van der Waals surface area contributed by atoms with E-state index in [1.54, 1.807) is 0 Å². The molecule has 1 unspecified atom stereocenters. The molecule has 0 N–H and O–H groups in total. The van der Waals surface area contributed by atoms with Crippen molar-refractivity contribution in [2.24, 2.45) is 5.92 Å². The molecule has 0 radical (unpaired) electrons. The van der Waals surface area contributed by atoms with Crippen molar-refractivity contribution < 1.29 is 9.53 Å². The molecule has 3 heteroatoms. The zero-order chi connectivity index (χ0) is 11.1. The molecule has 0 spiro atoms. The average molecular weight is 201 g/mol. The summed E-state index contributed by atoms with van der Waals surface area (Å²) in [6.07, 6.45) is 1.74. The minimum absolute atomic E-state index is 0.0921. The summed E-state index contributed by atoms with van der Waals surface area (Å²) in [6, 6.07) is -0.0958. The van der Waals surface area contributed by atoms with E-state index in [0.29, 0.717) is 12.5 Å². The predicted molar refractivity (Wildman–Crippen MR) is 58.2 cm³/mol. The SMILES string of the molecule is CCCOC(=O)C(CC(C)C)N(C)C. The standard InChI is InChI=1S/C11H23NO2/c1-6-7-14-11(13)10(12(4)5)8-9(2)3/h9-10H,6-8H2,1-5H3. The van der Waals surface area contributed by atoms with Crippen LogP contribution in [0.1, 0.15) is 33.6 Å². The molecule has 14 heavy (non-hydrogen) atoms. The van der Waals surface area contributed by atoms with Crippen molar-refractivity contribution in [3.8, 4) is 0 Å². The van der Waals surface area contributed by atoms with E-state index < -0.39 is 0 Å². The van der Waals surface area contributed by atoms with Crippen molar-refractivity contribution in [3.05, 3.63) is 0 Å².